The second-order valence-corrected chi connectivity index (χ2v) is 9.32. The monoisotopic (exact) mass is 453 g/mol. The van der Waals surface area contributed by atoms with Gasteiger partial charge in [-0.15, -0.1) is 0 Å². The van der Waals surface area contributed by atoms with Gasteiger partial charge >= 0.3 is 0 Å². The third-order valence-corrected chi connectivity index (χ3v) is 7.25. The summed E-state index contributed by atoms with van der Waals surface area (Å²) in [5, 5.41) is 2.70. The number of ether oxygens (including phenoxy) is 3. The Morgan fingerprint density at radius 3 is 2.44 bits per heavy atom. The maximum absolute atomic E-state index is 6.79. The summed E-state index contributed by atoms with van der Waals surface area (Å²) in [6.07, 6.45) is 4.14. The highest BCUT2D eigenvalue weighted by Crippen LogP contribution is 2.46. The van der Waals surface area contributed by atoms with Crippen LogP contribution in [0.5, 0.6) is 11.5 Å². The Morgan fingerprint density at radius 1 is 1.03 bits per heavy atom. The molecule has 1 aromatic carbocycles. The van der Waals surface area contributed by atoms with Crippen LogP contribution in [0.15, 0.2) is 24.4 Å². The van der Waals surface area contributed by atoms with E-state index in [4.69, 9.17) is 30.8 Å². The largest absolute Gasteiger partial charge is 0.496 e. The smallest absolute Gasteiger partial charge is 0.141 e. The normalized spacial score (nSPS) is 17.5. The number of hydrogen-bond donors (Lipinski definition) is 0. The number of hydrogen-bond acceptors (Lipinski definition) is 6. The molecule has 3 aromatic rings. The van der Waals surface area contributed by atoms with E-state index in [-0.39, 0.29) is 0 Å². The molecule has 0 aliphatic carbocycles. The van der Waals surface area contributed by atoms with Crippen molar-refractivity contribution in [1.82, 2.24) is 9.97 Å². The Morgan fingerprint density at radius 2 is 1.75 bits per heavy atom. The fraction of sp³-hybridized carbons (Fsp3) is 0.440. The van der Waals surface area contributed by atoms with E-state index in [9.17, 15) is 0 Å². The van der Waals surface area contributed by atoms with Crippen LogP contribution in [0.3, 0.4) is 0 Å². The van der Waals surface area contributed by atoms with Gasteiger partial charge in [-0.25, -0.2) is 4.98 Å². The highest BCUT2D eigenvalue weighted by Gasteiger charge is 2.44. The summed E-state index contributed by atoms with van der Waals surface area (Å²) in [6, 6.07) is 6.00. The second-order valence-electron chi connectivity index (χ2n) is 8.94. The van der Waals surface area contributed by atoms with E-state index in [0.29, 0.717) is 16.2 Å². The number of anilines is 1. The summed E-state index contributed by atoms with van der Waals surface area (Å²) in [4.78, 5) is 12.1. The minimum atomic E-state index is 0.344. The van der Waals surface area contributed by atoms with E-state index in [2.05, 4.69) is 22.0 Å². The van der Waals surface area contributed by atoms with E-state index in [1.807, 2.05) is 26.1 Å². The van der Waals surface area contributed by atoms with Crippen molar-refractivity contribution < 1.29 is 14.2 Å². The lowest BCUT2D eigenvalue weighted by Gasteiger charge is -2.53. The molecule has 5 rings (SSSR count). The number of methoxy groups -OCH3 is 2. The number of aryl methyl sites for hydroxylation is 1. The molecule has 0 radical (unpaired) electrons. The molecule has 2 saturated heterocycles. The van der Waals surface area contributed by atoms with Crippen molar-refractivity contribution >= 4 is 28.2 Å². The average molecular weight is 454 g/mol. The standard InChI is InChI=1S/C25H28ClN3O3/c1-15-9-18-17(12-27-15)10-19(22-16(2)20(30-3)11-21(31-4)23(22)26)28-24(18)29-13-25(14-29)5-7-32-8-6-25/h9-12H,5-8,13-14H2,1-4H3. The van der Waals surface area contributed by atoms with Crippen LogP contribution in [0.25, 0.3) is 22.0 Å². The number of rotatable bonds is 4. The molecule has 1 spiro atoms. The molecule has 4 heterocycles. The van der Waals surface area contributed by atoms with E-state index in [0.717, 1.165) is 84.0 Å². The van der Waals surface area contributed by atoms with Gasteiger partial charge < -0.3 is 19.1 Å². The Balaban J connectivity index is 1.66. The first-order chi connectivity index (χ1) is 15.4. The Bertz CT molecular complexity index is 1150. The molecule has 2 aliphatic heterocycles. The van der Waals surface area contributed by atoms with Crippen molar-refractivity contribution in [2.45, 2.75) is 26.7 Å². The summed E-state index contributed by atoms with van der Waals surface area (Å²) in [7, 11) is 3.26. The van der Waals surface area contributed by atoms with Gasteiger partial charge in [0.15, 0.2) is 0 Å². The maximum Gasteiger partial charge on any atom is 0.141 e. The lowest BCUT2D eigenvalue weighted by molar-refractivity contribution is -0.000348. The van der Waals surface area contributed by atoms with E-state index >= 15 is 0 Å². The molecule has 0 unspecified atom stereocenters. The lowest BCUT2D eigenvalue weighted by Crippen LogP contribution is -2.58. The van der Waals surface area contributed by atoms with Crippen LogP contribution in [0.1, 0.15) is 24.1 Å². The minimum absolute atomic E-state index is 0.344. The summed E-state index contributed by atoms with van der Waals surface area (Å²) in [5.74, 6) is 2.27. The molecular formula is C25H28ClN3O3. The van der Waals surface area contributed by atoms with Gasteiger partial charge in [0.2, 0.25) is 0 Å². The highest BCUT2D eigenvalue weighted by atomic mass is 35.5. The Hall–Kier alpha value is -2.57. The van der Waals surface area contributed by atoms with Gasteiger partial charge in [0.05, 0.1) is 24.9 Å². The average Bonchev–Trinajstić information content (AvgIpc) is 2.78. The molecule has 168 valence electrons. The number of nitrogens with zero attached hydrogens (tertiary/aromatic N) is 3. The van der Waals surface area contributed by atoms with Gasteiger partial charge in [-0.2, -0.15) is 0 Å². The molecule has 2 fully saturated rings. The molecule has 0 atom stereocenters. The molecule has 2 aliphatic rings. The highest BCUT2D eigenvalue weighted by molar-refractivity contribution is 6.35. The SMILES string of the molecule is COc1cc(OC)c(Cl)c(-c2cc3cnc(C)cc3c(N3CC4(CCOCC4)C3)n2)c1C. The topological polar surface area (TPSA) is 56.7 Å². The molecular weight excluding hydrogens is 426 g/mol. The molecule has 0 amide bonds. The van der Waals surface area contributed by atoms with Crippen LogP contribution < -0.4 is 14.4 Å². The first kappa shape index (κ1) is 21.3. The summed E-state index contributed by atoms with van der Waals surface area (Å²) < 4.78 is 16.7. The number of aromatic nitrogens is 2. The quantitative estimate of drug-likeness (QED) is 0.541. The van der Waals surface area contributed by atoms with Crippen LogP contribution in [0.4, 0.5) is 5.82 Å². The molecule has 0 bridgehead atoms. The van der Waals surface area contributed by atoms with Crippen molar-refractivity contribution in [3.8, 4) is 22.8 Å². The van der Waals surface area contributed by atoms with Crippen LogP contribution in [0, 0.1) is 19.3 Å². The van der Waals surface area contributed by atoms with Gasteiger partial charge in [0.25, 0.3) is 0 Å². The third kappa shape index (κ3) is 3.46. The van der Waals surface area contributed by atoms with Crippen LogP contribution in [-0.2, 0) is 4.74 Å². The maximum atomic E-state index is 6.79. The molecule has 32 heavy (non-hydrogen) atoms. The number of halogens is 1. The van der Waals surface area contributed by atoms with Gasteiger partial charge in [-0.05, 0) is 38.8 Å². The third-order valence-electron chi connectivity index (χ3n) is 6.88. The van der Waals surface area contributed by atoms with Gasteiger partial charge in [-0.3, -0.25) is 4.98 Å². The molecule has 7 heteroatoms. The van der Waals surface area contributed by atoms with Crippen molar-refractivity contribution in [1.29, 1.82) is 0 Å². The number of pyridine rings is 2. The molecule has 6 nitrogen and oxygen atoms in total. The molecule has 0 N–H and O–H groups in total. The van der Waals surface area contributed by atoms with Crippen LogP contribution in [0.2, 0.25) is 5.02 Å². The fourth-order valence-corrected chi connectivity index (χ4v) is 5.37. The van der Waals surface area contributed by atoms with Gasteiger partial charge in [-0.1, -0.05) is 11.6 Å². The summed E-state index contributed by atoms with van der Waals surface area (Å²) in [5.41, 5.74) is 3.88. The molecule has 0 saturated carbocycles. The van der Waals surface area contributed by atoms with E-state index in [1.54, 1.807) is 14.2 Å². The van der Waals surface area contributed by atoms with Crippen molar-refractivity contribution in [2.75, 3.05) is 45.4 Å². The number of fused-ring (bicyclic) bond motifs is 1. The zero-order valence-corrected chi connectivity index (χ0v) is 19.8. The summed E-state index contributed by atoms with van der Waals surface area (Å²) >= 11 is 6.79. The van der Waals surface area contributed by atoms with Crippen molar-refractivity contribution in [2.24, 2.45) is 5.41 Å². The lowest BCUT2D eigenvalue weighted by atomic mass is 9.73. The minimum Gasteiger partial charge on any atom is -0.496 e. The first-order valence-corrected chi connectivity index (χ1v) is 11.3. The van der Waals surface area contributed by atoms with Crippen LogP contribution >= 0.6 is 11.6 Å². The van der Waals surface area contributed by atoms with Crippen LogP contribution in [-0.4, -0.2) is 50.5 Å². The van der Waals surface area contributed by atoms with Crippen molar-refractivity contribution in [3.05, 3.63) is 40.7 Å². The fourth-order valence-electron chi connectivity index (χ4n) is 5.00. The zero-order chi connectivity index (χ0) is 22.5. The first-order valence-electron chi connectivity index (χ1n) is 11.0. The Labute approximate surface area is 193 Å². The molecule has 2 aromatic heterocycles. The summed E-state index contributed by atoms with van der Waals surface area (Å²) in [6.45, 7) is 7.71. The second kappa shape index (κ2) is 8.09. The van der Waals surface area contributed by atoms with Gasteiger partial charge in [0.1, 0.15) is 17.3 Å². The van der Waals surface area contributed by atoms with E-state index in [1.165, 1.54) is 0 Å². The van der Waals surface area contributed by atoms with Gasteiger partial charge in [0, 0.05) is 71.6 Å². The predicted octanol–water partition coefficient (Wildman–Crippen LogP) is 5.20. The van der Waals surface area contributed by atoms with E-state index < -0.39 is 0 Å². The predicted molar refractivity (Wildman–Crippen MR) is 127 cm³/mol. The van der Waals surface area contributed by atoms with Crippen molar-refractivity contribution in [3.63, 3.8) is 0 Å². The zero-order valence-electron chi connectivity index (χ0n) is 19.0. The Kier molecular flexibility index (Phi) is 5.38. The number of benzene rings is 1.